The van der Waals surface area contributed by atoms with Crippen LogP contribution in [0.4, 0.5) is 5.69 Å². The van der Waals surface area contributed by atoms with Crippen molar-refractivity contribution in [3.8, 4) is 0 Å². The van der Waals surface area contributed by atoms with Gasteiger partial charge in [0, 0.05) is 11.8 Å². The van der Waals surface area contributed by atoms with Gasteiger partial charge >= 0.3 is 0 Å². The highest BCUT2D eigenvalue weighted by Gasteiger charge is 2.19. The van der Waals surface area contributed by atoms with Gasteiger partial charge in [-0.15, -0.1) is 0 Å². The summed E-state index contributed by atoms with van der Waals surface area (Å²) < 4.78 is 0. The van der Waals surface area contributed by atoms with Gasteiger partial charge in [-0.1, -0.05) is 32.4 Å². The number of anilines is 1. The Balaban J connectivity index is 0.000000686. The van der Waals surface area contributed by atoms with Gasteiger partial charge in [-0.25, -0.2) is 0 Å². The lowest BCUT2D eigenvalue weighted by Crippen LogP contribution is -1.97. The molecule has 0 aliphatic heterocycles. The SMILES string of the molecule is CC.CCc1cc(Cl)c(N)c(C=NC2CC2)c1. The van der Waals surface area contributed by atoms with Crippen LogP contribution in [0.2, 0.25) is 5.02 Å². The number of hydrogen-bond acceptors (Lipinski definition) is 2. The number of nitrogen functional groups attached to an aromatic ring is 1. The second-order valence-electron chi connectivity index (χ2n) is 3.94. The van der Waals surface area contributed by atoms with Gasteiger partial charge in [-0.05, 0) is 37.0 Å². The molecule has 0 aromatic heterocycles. The molecular weight excluding hydrogens is 232 g/mol. The van der Waals surface area contributed by atoms with Crippen LogP contribution in [0.15, 0.2) is 17.1 Å². The summed E-state index contributed by atoms with van der Waals surface area (Å²) in [5.41, 5.74) is 8.68. The first kappa shape index (κ1) is 14.0. The standard InChI is InChI=1S/C12H15ClN2.C2H6/c1-2-8-5-9(7-15-10-3-4-10)12(14)11(13)6-8;1-2/h5-7,10H,2-4,14H2,1H3;1-2H3. The molecule has 0 radical (unpaired) electrons. The zero-order chi connectivity index (χ0) is 12.8. The highest BCUT2D eigenvalue weighted by Crippen LogP contribution is 2.26. The van der Waals surface area contributed by atoms with Gasteiger partial charge in [0.2, 0.25) is 0 Å². The Morgan fingerprint density at radius 2 is 2.06 bits per heavy atom. The smallest absolute Gasteiger partial charge is 0.0644 e. The molecule has 1 aliphatic rings. The Hall–Kier alpha value is -1.02. The summed E-state index contributed by atoms with van der Waals surface area (Å²) in [6.07, 6.45) is 5.23. The Morgan fingerprint density at radius 3 is 2.59 bits per heavy atom. The van der Waals surface area contributed by atoms with Crippen molar-refractivity contribution in [3.05, 3.63) is 28.3 Å². The number of rotatable bonds is 3. The first-order valence-electron chi connectivity index (χ1n) is 6.31. The van der Waals surface area contributed by atoms with Crippen LogP contribution in [0, 0.1) is 0 Å². The van der Waals surface area contributed by atoms with E-state index < -0.39 is 0 Å². The molecule has 0 heterocycles. The summed E-state index contributed by atoms with van der Waals surface area (Å²) in [7, 11) is 0. The van der Waals surface area contributed by atoms with Crippen LogP contribution < -0.4 is 5.73 Å². The van der Waals surface area contributed by atoms with Crippen molar-refractivity contribution in [2.45, 2.75) is 46.1 Å². The number of aliphatic imine (C=N–C) groups is 1. The summed E-state index contributed by atoms with van der Waals surface area (Å²) in [4.78, 5) is 4.42. The van der Waals surface area contributed by atoms with Crippen molar-refractivity contribution in [3.63, 3.8) is 0 Å². The fraction of sp³-hybridized carbons (Fsp3) is 0.500. The summed E-state index contributed by atoms with van der Waals surface area (Å²) >= 11 is 6.04. The third-order valence-electron chi connectivity index (χ3n) is 2.60. The van der Waals surface area contributed by atoms with Gasteiger partial charge in [0.25, 0.3) is 0 Å². The van der Waals surface area contributed by atoms with Crippen LogP contribution in [0.5, 0.6) is 0 Å². The first-order chi connectivity index (χ1) is 8.20. The molecule has 2 nitrogen and oxygen atoms in total. The molecule has 94 valence electrons. The average Bonchev–Trinajstić information content (AvgIpc) is 3.17. The van der Waals surface area contributed by atoms with E-state index in [2.05, 4.69) is 18.0 Å². The van der Waals surface area contributed by atoms with Gasteiger partial charge in [0.1, 0.15) is 0 Å². The molecule has 1 aromatic rings. The second-order valence-corrected chi connectivity index (χ2v) is 4.35. The maximum absolute atomic E-state index is 6.04. The second kappa shape index (κ2) is 6.65. The Morgan fingerprint density at radius 1 is 1.41 bits per heavy atom. The minimum Gasteiger partial charge on any atom is -0.397 e. The fourth-order valence-corrected chi connectivity index (χ4v) is 1.67. The van der Waals surface area contributed by atoms with Crippen LogP contribution >= 0.6 is 11.6 Å². The van der Waals surface area contributed by atoms with Crippen molar-refractivity contribution < 1.29 is 0 Å². The number of hydrogen-bond donors (Lipinski definition) is 1. The molecule has 0 atom stereocenters. The summed E-state index contributed by atoms with van der Waals surface area (Å²) in [6.45, 7) is 6.10. The molecule has 0 spiro atoms. The van der Waals surface area contributed by atoms with Gasteiger partial charge in [-0.2, -0.15) is 0 Å². The molecule has 1 fully saturated rings. The molecule has 1 aromatic carbocycles. The van der Waals surface area contributed by atoms with Crippen molar-refractivity contribution >= 4 is 23.5 Å². The van der Waals surface area contributed by atoms with E-state index >= 15 is 0 Å². The lowest BCUT2D eigenvalue weighted by Gasteiger charge is -2.05. The van der Waals surface area contributed by atoms with Gasteiger partial charge in [0.15, 0.2) is 0 Å². The first-order valence-corrected chi connectivity index (χ1v) is 6.69. The third-order valence-corrected chi connectivity index (χ3v) is 2.91. The lowest BCUT2D eigenvalue weighted by atomic mass is 10.1. The Bertz CT molecular complexity index is 395. The van der Waals surface area contributed by atoms with Gasteiger partial charge in [-0.3, -0.25) is 4.99 Å². The number of nitrogens with zero attached hydrogens (tertiary/aromatic N) is 1. The monoisotopic (exact) mass is 252 g/mol. The predicted molar refractivity (Wildman–Crippen MR) is 77.2 cm³/mol. The van der Waals surface area contributed by atoms with Crippen LogP contribution in [0.1, 0.15) is 44.7 Å². The summed E-state index contributed by atoms with van der Waals surface area (Å²) in [6, 6.07) is 4.51. The van der Waals surface area contributed by atoms with Gasteiger partial charge < -0.3 is 5.73 Å². The van der Waals surface area contributed by atoms with Crippen molar-refractivity contribution in [2.75, 3.05) is 5.73 Å². The van der Waals surface area contributed by atoms with Crippen LogP contribution in [-0.4, -0.2) is 12.3 Å². The van der Waals surface area contributed by atoms with E-state index in [1.165, 1.54) is 18.4 Å². The van der Waals surface area contributed by atoms with E-state index in [1.807, 2.05) is 26.1 Å². The average molecular weight is 253 g/mol. The van der Waals surface area contributed by atoms with E-state index in [9.17, 15) is 0 Å². The molecule has 0 saturated heterocycles. The van der Waals surface area contributed by atoms with Crippen molar-refractivity contribution in [1.82, 2.24) is 0 Å². The quantitative estimate of drug-likeness (QED) is 0.639. The Kier molecular flexibility index (Phi) is 5.49. The van der Waals surface area contributed by atoms with Crippen molar-refractivity contribution in [2.24, 2.45) is 4.99 Å². The number of benzene rings is 1. The van der Waals surface area contributed by atoms with Crippen LogP contribution in [0.3, 0.4) is 0 Å². The zero-order valence-corrected chi connectivity index (χ0v) is 11.6. The third kappa shape index (κ3) is 4.04. The largest absolute Gasteiger partial charge is 0.397 e. The van der Waals surface area contributed by atoms with Gasteiger partial charge in [0.05, 0.1) is 16.8 Å². The van der Waals surface area contributed by atoms with E-state index in [-0.39, 0.29) is 0 Å². The topological polar surface area (TPSA) is 38.4 Å². The molecule has 0 bridgehead atoms. The van der Waals surface area contributed by atoms with E-state index in [0.717, 1.165) is 12.0 Å². The molecule has 3 heteroatoms. The molecule has 0 unspecified atom stereocenters. The molecule has 1 aliphatic carbocycles. The summed E-state index contributed by atoms with van der Waals surface area (Å²) in [5.74, 6) is 0. The summed E-state index contributed by atoms with van der Waals surface area (Å²) in [5, 5.41) is 0.631. The minimum atomic E-state index is 0.522. The number of nitrogens with two attached hydrogens (primary N) is 1. The fourth-order valence-electron chi connectivity index (χ4n) is 1.42. The maximum atomic E-state index is 6.04. The molecule has 17 heavy (non-hydrogen) atoms. The van der Waals surface area contributed by atoms with Crippen LogP contribution in [0.25, 0.3) is 0 Å². The highest BCUT2D eigenvalue weighted by atomic mass is 35.5. The molecule has 2 N–H and O–H groups in total. The van der Waals surface area contributed by atoms with Crippen molar-refractivity contribution in [1.29, 1.82) is 0 Å². The molecule has 1 saturated carbocycles. The number of halogens is 1. The van der Waals surface area contributed by atoms with E-state index in [4.69, 9.17) is 17.3 Å². The molecule has 0 amide bonds. The van der Waals surface area contributed by atoms with Crippen LogP contribution in [-0.2, 0) is 6.42 Å². The highest BCUT2D eigenvalue weighted by molar-refractivity contribution is 6.33. The normalized spacial score (nSPS) is 14.6. The maximum Gasteiger partial charge on any atom is 0.0644 e. The van der Waals surface area contributed by atoms with E-state index in [0.29, 0.717) is 16.8 Å². The molecular formula is C14H21ClN2. The molecule has 2 rings (SSSR count). The lowest BCUT2D eigenvalue weighted by molar-refractivity contribution is 1.08. The zero-order valence-electron chi connectivity index (χ0n) is 10.8. The Labute approximate surface area is 109 Å². The number of aryl methyl sites for hydroxylation is 1. The predicted octanol–water partition coefficient (Wildman–Crippen LogP) is 4.09. The van der Waals surface area contributed by atoms with E-state index in [1.54, 1.807) is 0 Å². The minimum absolute atomic E-state index is 0.522.